The molecule has 0 atom stereocenters. The predicted octanol–water partition coefficient (Wildman–Crippen LogP) is 3.04. The molecule has 21 heavy (non-hydrogen) atoms. The fraction of sp³-hybridized carbons (Fsp3) is 0.250. The molecule has 2 amide bonds. The summed E-state index contributed by atoms with van der Waals surface area (Å²) < 4.78 is 0. The van der Waals surface area contributed by atoms with Crippen molar-refractivity contribution in [2.75, 3.05) is 11.9 Å². The van der Waals surface area contributed by atoms with Crippen molar-refractivity contribution in [1.82, 2.24) is 5.32 Å². The summed E-state index contributed by atoms with van der Waals surface area (Å²) >= 11 is 1.37. The molecule has 2 aromatic rings. The maximum Gasteiger partial charge on any atom is 0.262 e. The van der Waals surface area contributed by atoms with Crippen molar-refractivity contribution < 1.29 is 9.59 Å². The number of anilines is 1. The number of benzene rings is 1. The van der Waals surface area contributed by atoms with E-state index in [1.807, 2.05) is 50.4 Å². The molecule has 0 unspecified atom stereocenters. The molecular weight excluding hydrogens is 284 g/mol. The third-order valence-electron chi connectivity index (χ3n) is 3.36. The molecule has 1 aromatic heterocycles. The van der Waals surface area contributed by atoms with Crippen molar-refractivity contribution >= 4 is 28.8 Å². The van der Waals surface area contributed by atoms with Gasteiger partial charge in [0.1, 0.15) is 0 Å². The van der Waals surface area contributed by atoms with E-state index in [9.17, 15) is 9.59 Å². The summed E-state index contributed by atoms with van der Waals surface area (Å²) in [6, 6.07) is 7.62. The van der Waals surface area contributed by atoms with Crippen LogP contribution >= 0.6 is 11.3 Å². The number of nitrogens with one attached hydrogen (secondary N) is 2. The lowest BCUT2D eigenvalue weighted by molar-refractivity contribution is -0.115. The van der Waals surface area contributed by atoms with Gasteiger partial charge in [-0.15, -0.1) is 11.3 Å². The van der Waals surface area contributed by atoms with E-state index >= 15 is 0 Å². The van der Waals surface area contributed by atoms with Crippen molar-refractivity contribution in [2.45, 2.75) is 20.8 Å². The van der Waals surface area contributed by atoms with Crippen molar-refractivity contribution in [1.29, 1.82) is 0 Å². The predicted molar refractivity (Wildman–Crippen MR) is 85.9 cm³/mol. The van der Waals surface area contributed by atoms with Crippen molar-refractivity contribution in [3.05, 3.63) is 51.2 Å². The van der Waals surface area contributed by atoms with Gasteiger partial charge in [0.15, 0.2) is 0 Å². The number of carbonyl (C=O) groups is 2. The fourth-order valence-corrected chi connectivity index (χ4v) is 2.77. The zero-order valence-electron chi connectivity index (χ0n) is 12.3. The monoisotopic (exact) mass is 302 g/mol. The van der Waals surface area contributed by atoms with Crippen LogP contribution in [0.25, 0.3) is 0 Å². The van der Waals surface area contributed by atoms with Gasteiger partial charge >= 0.3 is 0 Å². The average Bonchev–Trinajstić information content (AvgIpc) is 2.87. The molecule has 4 nitrogen and oxygen atoms in total. The molecule has 0 spiro atoms. The van der Waals surface area contributed by atoms with Gasteiger partial charge in [-0.3, -0.25) is 9.59 Å². The summed E-state index contributed by atoms with van der Waals surface area (Å²) in [5.74, 6) is -0.440. The molecule has 1 heterocycles. The quantitative estimate of drug-likeness (QED) is 0.912. The third kappa shape index (κ3) is 3.70. The lowest BCUT2D eigenvalue weighted by Gasteiger charge is -2.10. The number of amides is 2. The van der Waals surface area contributed by atoms with Crippen molar-refractivity contribution in [2.24, 2.45) is 0 Å². The van der Waals surface area contributed by atoms with Crippen molar-refractivity contribution in [3.63, 3.8) is 0 Å². The van der Waals surface area contributed by atoms with Gasteiger partial charge in [0.2, 0.25) is 5.91 Å². The number of aryl methyl sites for hydroxylation is 2. The van der Waals surface area contributed by atoms with Gasteiger partial charge in [-0.25, -0.2) is 0 Å². The normalized spacial score (nSPS) is 10.2. The van der Waals surface area contributed by atoms with Crippen molar-refractivity contribution in [3.8, 4) is 0 Å². The molecule has 2 rings (SSSR count). The van der Waals surface area contributed by atoms with E-state index in [4.69, 9.17) is 0 Å². The number of hydrogen-bond acceptors (Lipinski definition) is 3. The second-order valence-electron chi connectivity index (χ2n) is 4.91. The summed E-state index contributed by atoms with van der Waals surface area (Å²) in [4.78, 5) is 24.5. The van der Waals surface area contributed by atoms with Gasteiger partial charge in [-0.2, -0.15) is 0 Å². The van der Waals surface area contributed by atoms with Crippen LogP contribution in [0.1, 0.15) is 26.4 Å². The van der Waals surface area contributed by atoms with Gasteiger partial charge in [-0.1, -0.05) is 12.1 Å². The highest BCUT2D eigenvalue weighted by Crippen LogP contribution is 2.18. The first kappa shape index (κ1) is 15.3. The summed E-state index contributed by atoms with van der Waals surface area (Å²) in [7, 11) is 0. The fourth-order valence-electron chi connectivity index (χ4n) is 1.93. The summed E-state index contributed by atoms with van der Waals surface area (Å²) in [6.07, 6.45) is 0. The molecule has 0 aliphatic carbocycles. The van der Waals surface area contributed by atoms with Gasteiger partial charge in [0, 0.05) is 5.69 Å². The molecule has 0 saturated carbocycles. The third-order valence-corrected chi connectivity index (χ3v) is 4.37. The molecule has 1 aromatic carbocycles. The van der Waals surface area contributed by atoms with E-state index in [0.29, 0.717) is 4.88 Å². The highest BCUT2D eigenvalue weighted by Gasteiger charge is 2.12. The zero-order chi connectivity index (χ0) is 15.4. The first-order valence-electron chi connectivity index (χ1n) is 6.67. The van der Waals surface area contributed by atoms with E-state index in [1.165, 1.54) is 11.3 Å². The average molecular weight is 302 g/mol. The van der Waals surface area contributed by atoms with E-state index < -0.39 is 0 Å². The molecule has 0 aliphatic rings. The Balaban J connectivity index is 1.92. The van der Waals surface area contributed by atoms with Gasteiger partial charge < -0.3 is 10.6 Å². The van der Waals surface area contributed by atoms with Crippen LogP contribution in [0, 0.1) is 20.8 Å². The second kappa shape index (κ2) is 6.54. The summed E-state index contributed by atoms with van der Waals surface area (Å²) in [5.41, 5.74) is 3.85. The van der Waals surface area contributed by atoms with Crippen LogP contribution in [0.4, 0.5) is 5.69 Å². The molecule has 2 N–H and O–H groups in total. The maximum atomic E-state index is 11.9. The highest BCUT2D eigenvalue weighted by atomic mass is 32.1. The molecule has 0 aliphatic heterocycles. The van der Waals surface area contributed by atoms with E-state index in [1.54, 1.807) is 0 Å². The smallest absolute Gasteiger partial charge is 0.262 e. The maximum absolute atomic E-state index is 11.9. The molecule has 0 bridgehead atoms. The Morgan fingerprint density at radius 2 is 1.86 bits per heavy atom. The first-order valence-corrected chi connectivity index (χ1v) is 7.55. The lowest BCUT2D eigenvalue weighted by Crippen LogP contribution is -2.32. The molecule has 0 radical (unpaired) electrons. The number of rotatable bonds is 4. The Labute approximate surface area is 128 Å². The van der Waals surface area contributed by atoms with E-state index in [0.717, 1.165) is 22.4 Å². The minimum Gasteiger partial charge on any atom is -0.342 e. The lowest BCUT2D eigenvalue weighted by atomic mass is 10.1. The molecule has 110 valence electrons. The summed E-state index contributed by atoms with van der Waals surface area (Å²) in [6.45, 7) is 5.79. The molecule has 0 fully saturated rings. The minimum absolute atomic E-state index is 0.0381. The van der Waals surface area contributed by atoms with E-state index in [-0.39, 0.29) is 18.4 Å². The van der Waals surface area contributed by atoms with Gasteiger partial charge in [0.25, 0.3) is 5.91 Å². The summed E-state index contributed by atoms with van der Waals surface area (Å²) in [5, 5.41) is 7.32. The molecule has 0 saturated heterocycles. The number of thiophene rings is 1. The Bertz CT molecular complexity index is 677. The highest BCUT2D eigenvalue weighted by molar-refractivity contribution is 7.12. The van der Waals surface area contributed by atoms with Crippen LogP contribution in [0.15, 0.2) is 29.6 Å². The Morgan fingerprint density at radius 3 is 2.52 bits per heavy atom. The molecular formula is C16H18N2O2S. The van der Waals surface area contributed by atoms with E-state index in [2.05, 4.69) is 10.6 Å². The van der Waals surface area contributed by atoms with Gasteiger partial charge in [0.05, 0.1) is 11.4 Å². The second-order valence-corrected chi connectivity index (χ2v) is 5.83. The Kier molecular flexibility index (Phi) is 4.75. The SMILES string of the molecule is Cc1ccsc1C(=O)NCC(=O)Nc1cccc(C)c1C. The van der Waals surface area contributed by atoms with Crippen LogP contribution in [-0.2, 0) is 4.79 Å². The standard InChI is InChI=1S/C16H18N2O2S/c1-10-5-4-6-13(12(10)3)18-14(19)9-17-16(20)15-11(2)7-8-21-15/h4-8H,9H2,1-3H3,(H,17,20)(H,18,19). The minimum atomic E-state index is -0.230. The van der Waals surface area contributed by atoms with Crippen LogP contribution in [0.2, 0.25) is 0 Å². The Hall–Kier alpha value is -2.14. The van der Waals surface area contributed by atoms with Crippen LogP contribution < -0.4 is 10.6 Å². The Morgan fingerprint density at radius 1 is 1.10 bits per heavy atom. The van der Waals surface area contributed by atoms with Crippen LogP contribution in [0.5, 0.6) is 0 Å². The number of hydrogen-bond donors (Lipinski definition) is 2. The zero-order valence-corrected chi connectivity index (χ0v) is 13.1. The van der Waals surface area contributed by atoms with Crippen LogP contribution in [-0.4, -0.2) is 18.4 Å². The van der Waals surface area contributed by atoms with Gasteiger partial charge in [-0.05, 0) is 55.0 Å². The topological polar surface area (TPSA) is 58.2 Å². The molecule has 5 heteroatoms. The number of carbonyl (C=O) groups excluding carboxylic acids is 2. The van der Waals surface area contributed by atoms with Crippen LogP contribution in [0.3, 0.4) is 0 Å². The largest absolute Gasteiger partial charge is 0.342 e. The first-order chi connectivity index (χ1) is 9.99.